The number of methoxy groups -OCH3 is 1. The van der Waals surface area contributed by atoms with E-state index in [4.69, 9.17) is 9.47 Å². The van der Waals surface area contributed by atoms with E-state index in [0.29, 0.717) is 11.6 Å². The molecular formula is C20H18FN3O3. The van der Waals surface area contributed by atoms with Crippen molar-refractivity contribution in [2.45, 2.75) is 6.54 Å². The fraction of sp³-hybridized carbons (Fsp3) is 0.100. The Morgan fingerprint density at radius 3 is 2.70 bits per heavy atom. The van der Waals surface area contributed by atoms with Gasteiger partial charge in [-0.25, -0.2) is 14.2 Å². The summed E-state index contributed by atoms with van der Waals surface area (Å²) in [6, 6.07) is 16.2. The van der Waals surface area contributed by atoms with Gasteiger partial charge in [-0.1, -0.05) is 24.3 Å². The van der Waals surface area contributed by atoms with Crippen LogP contribution >= 0.6 is 0 Å². The summed E-state index contributed by atoms with van der Waals surface area (Å²) in [5.41, 5.74) is 0.762. The highest BCUT2D eigenvalue weighted by Gasteiger charge is 2.13. The second-order valence-corrected chi connectivity index (χ2v) is 5.54. The van der Waals surface area contributed by atoms with E-state index in [1.165, 1.54) is 19.2 Å². The van der Waals surface area contributed by atoms with Gasteiger partial charge in [-0.2, -0.15) is 0 Å². The Morgan fingerprint density at radius 2 is 1.93 bits per heavy atom. The molecule has 6 nitrogen and oxygen atoms in total. The number of aromatic nitrogens is 1. The minimum absolute atomic E-state index is 0.0360. The summed E-state index contributed by atoms with van der Waals surface area (Å²) < 4.78 is 24.9. The third-order valence-electron chi connectivity index (χ3n) is 3.65. The van der Waals surface area contributed by atoms with Crippen LogP contribution in [-0.2, 0) is 6.54 Å². The van der Waals surface area contributed by atoms with E-state index < -0.39 is 11.8 Å². The summed E-state index contributed by atoms with van der Waals surface area (Å²) in [5, 5.41) is 5.16. The number of carbonyl (C=O) groups is 1. The molecule has 0 bridgehead atoms. The molecule has 0 aliphatic heterocycles. The fourth-order valence-corrected chi connectivity index (χ4v) is 2.34. The molecular weight excluding hydrogens is 349 g/mol. The molecule has 0 unspecified atom stereocenters. The normalized spacial score (nSPS) is 10.1. The third kappa shape index (κ3) is 4.94. The Labute approximate surface area is 156 Å². The van der Waals surface area contributed by atoms with Gasteiger partial charge >= 0.3 is 6.03 Å². The van der Waals surface area contributed by atoms with Crippen molar-refractivity contribution in [1.82, 2.24) is 10.3 Å². The standard InChI is InChI=1S/C20H18FN3O3/c1-26-18-12-14(10-11-22-18)13-23-20(25)24-19-16(21)8-5-9-17(19)27-15-6-3-2-4-7-15/h2-12H,13H2,1H3,(H2,23,24,25). The molecule has 27 heavy (non-hydrogen) atoms. The van der Waals surface area contributed by atoms with E-state index in [9.17, 15) is 9.18 Å². The first-order chi connectivity index (χ1) is 13.2. The highest BCUT2D eigenvalue weighted by molar-refractivity contribution is 5.91. The summed E-state index contributed by atoms with van der Waals surface area (Å²) in [4.78, 5) is 16.2. The molecule has 0 fully saturated rings. The predicted molar refractivity (Wildman–Crippen MR) is 99.6 cm³/mol. The van der Waals surface area contributed by atoms with Crippen molar-refractivity contribution in [2.24, 2.45) is 0 Å². The van der Waals surface area contributed by atoms with Crippen molar-refractivity contribution in [3.05, 3.63) is 78.2 Å². The lowest BCUT2D eigenvalue weighted by atomic mass is 10.2. The average molecular weight is 367 g/mol. The van der Waals surface area contributed by atoms with Crippen LogP contribution in [0.3, 0.4) is 0 Å². The lowest BCUT2D eigenvalue weighted by Gasteiger charge is -2.14. The van der Waals surface area contributed by atoms with Crippen molar-refractivity contribution in [1.29, 1.82) is 0 Å². The summed E-state index contributed by atoms with van der Waals surface area (Å²) in [7, 11) is 1.51. The second-order valence-electron chi connectivity index (χ2n) is 5.54. The monoisotopic (exact) mass is 367 g/mol. The first-order valence-corrected chi connectivity index (χ1v) is 8.21. The van der Waals surface area contributed by atoms with Gasteiger partial charge in [0.2, 0.25) is 5.88 Å². The van der Waals surface area contributed by atoms with E-state index in [1.807, 2.05) is 6.07 Å². The van der Waals surface area contributed by atoms with E-state index in [0.717, 1.165) is 5.56 Å². The minimum atomic E-state index is -0.593. The SMILES string of the molecule is COc1cc(CNC(=O)Nc2c(F)cccc2Oc2ccccc2)ccn1. The Kier molecular flexibility index (Phi) is 5.84. The Bertz CT molecular complexity index is 919. The summed E-state index contributed by atoms with van der Waals surface area (Å²) >= 11 is 0. The number of rotatable bonds is 6. The van der Waals surface area contributed by atoms with Crippen molar-refractivity contribution in [2.75, 3.05) is 12.4 Å². The minimum Gasteiger partial charge on any atom is -0.481 e. The molecule has 1 aromatic heterocycles. The van der Waals surface area contributed by atoms with Gasteiger partial charge in [-0.3, -0.25) is 0 Å². The van der Waals surface area contributed by atoms with E-state index in [1.54, 1.807) is 48.7 Å². The van der Waals surface area contributed by atoms with Crippen LogP contribution in [0.4, 0.5) is 14.9 Å². The molecule has 7 heteroatoms. The number of nitrogens with one attached hydrogen (secondary N) is 2. The molecule has 0 saturated carbocycles. The summed E-state index contributed by atoms with van der Waals surface area (Å²) in [5.74, 6) is 0.601. The predicted octanol–water partition coefficient (Wildman–Crippen LogP) is 4.34. The van der Waals surface area contributed by atoms with Crippen LogP contribution in [-0.4, -0.2) is 18.1 Å². The maximum atomic E-state index is 14.2. The molecule has 3 aromatic rings. The molecule has 0 atom stereocenters. The van der Waals surface area contributed by atoms with Gasteiger partial charge in [0, 0.05) is 18.8 Å². The average Bonchev–Trinajstić information content (AvgIpc) is 2.70. The number of anilines is 1. The molecule has 3 rings (SSSR count). The molecule has 1 heterocycles. The maximum absolute atomic E-state index is 14.2. The lowest BCUT2D eigenvalue weighted by molar-refractivity contribution is 0.251. The van der Waals surface area contributed by atoms with E-state index in [-0.39, 0.29) is 18.0 Å². The van der Waals surface area contributed by atoms with Gasteiger partial charge in [0.05, 0.1) is 7.11 Å². The first-order valence-electron chi connectivity index (χ1n) is 8.21. The smallest absolute Gasteiger partial charge is 0.319 e. The first kappa shape index (κ1) is 18.2. The molecule has 2 aromatic carbocycles. The van der Waals surface area contributed by atoms with Crippen LogP contribution in [0.2, 0.25) is 0 Å². The number of halogens is 1. The summed E-state index contributed by atoms with van der Waals surface area (Å²) in [6.07, 6.45) is 1.58. The number of hydrogen-bond acceptors (Lipinski definition) is 4. The topological polar surface area (TPSA) is 72.5 Å². The lowest BCUT2D eigenvalue weighted by Crippen LogP contribution is -2.28. The number of amides is 2. The van der Waals surface area contributed by atoms with Crippen LogP contribution in [0.1, 0.15) is 5.56 Å². The number of urea groups is 1. The zero-order valence-electron chi connectivity index (χ0n) is 14.6. The molecule has 2 amide bonds. The Morgan fingerprint density at radius 1 is 1.11 bits per heavy atom. The van der Waals surface area contributed by atoms with Crippen molar-refractivity contribution in [3.8, 4) is 17.4 Å². The van der Waals surface area contributed by atoms with Crippen molar-refractivity contribution >= 4 is 11.7 Å². The van der Waals surface area contributed by atoms with Gasteiger partial charge in [-0.15, -0.1) is 0 Å². The molecule has 2 N–H and O–H groups in total. The number of ether oxygens (including phenoxy) is 2. The van der Waals surface area contributed by atoms with Crippen LogP contribution in [0.5, 0.6) is 17.4 Å². The highest BCUT2D eigenvalue weighted by Crippen LogP contribution is 2.31. The van der Waals surface area contributed by atoms with Crippen molar-refractivity contribution in [3.63, 3.8) is 0 Å². The number of carbonyl (C=O) groups excluding carboxylic acids is 1. The zero-order valence-corrected chi connectivity index (χ0v) is 14.6. The zero-order chi connectivity index (χ0) is 19.1. The van der Waals surface area contributed by atoms with Gasteiger partial charge < -0.3 is 20.1 Å². The number of nitrogens with zero attached hydrogens (tertiary/aromatic N) is 1. The molecule has 0 aliphatic carbocycles. The van der Waals surface area contributed by atoms with E-state index >= 15 is 0 Å². The second kappa shape index (κ2) is 8.66. The molecule has 0 aliphatic rings. The largest absolute Gasteiger partial charge is 0.481 e. The molecule has 0 saturated heterocycles. The Hall–Kier alpha value is -3.61. The summed E-state index contributed by atoms with van der Waals surface area (Å²) in [6.45, 7) is 0.230. The third-order valence-corrected chi connectivity index (χ3v) is 3.65. The quantitative estimate of drug-likeness (QED) is 0.680. The molecule has 0 spiro atoms. The van der Waals surface area contributed by atoms with Gasteiger partial charge in [-0.05, 0) is 35.9 Å². The van der Waals surface area contributed by atoms with Crippen LogP contribution in [0.25, 0.3) is 0 Å². The van der Waals surface area contributed by atoms with E-state index in [2.05, 4.69) is 15.6 Å². The van der Waals surface area contributed by atoms with Crippen LogP contribution < -0.4 is 20.1 Å². The molecule has 138 valence electrons. The highest BCUT2D eigenvalue weighted by atomic mass is 19.1. The number of benzene rings is 2. The number of pyridine rings is 1. The van der Waals surface area contributed by atoms with Gasteiger partial charge in [0.1, 0.15) is 11.4 Å². The van der Waals surface area contributed by atoms with Gasteiger partial charge in [0.25, 0.3) is 0 Å². The van der Waals surface area contributed by atoms with Crippen LogP contribution in [0, 0.1) is 5.82 Å². The number of hydrogen-bond donors (Lipinski definition) is 2. The van der Waals surface area contributed by atoms with Gasteiger partial charge in [0.15, 0.2) is 11.6 Å². The van der Waals surface area contributed by atoms with Crippen LogP contribution in [0.15, 0.2) is 66.9 Å². The van der Waals surface area contributed by atoms with Crippen molar-refractivity contribution < 1.29 is 18.7 Å². The Balaban J connectivity index is 1.68. The molecule has 0 radical (unpaired) electrons. The number of para-hydroxylation sites is 2. The fourth-order valence-electron chi connectivity index (χ4n) is 2.34. The maximum Gasteiger partial charge on any atom is 0.319 e.